The number of carbonyl (C=O) groups excluding carboxylic acids is 1. The Morgan fingerprint density at radius 3 is 2.56 bits per heavy atom. The summed E-state index contributed by atoms with van der Waals surface area (Å²) in [5.74, 6) is 0.505. The van der Waals surface area contributed by atoms with Gasteiger partial charge in [-0.1, -0.05) is 17.3 Å². The number of phenolic OH excluding ortho intramolecular Hbond substituents is 1. The molecular weight excluding hydrogens is 232 g/mol. The van der Waals surface area contributed by atoms with E-state index in [1.165, 1.54) is 0 Å². The highest BCUT2D eigenvalue weighted by Gasteiger charge is 2.16. The Morgan fingerprint density at radius 1 is 1.33 bits per heavy atom. The van der Waals surface area contributed by atoms with Crippen molar-refractivity contribution < 1.29 is 14.4 Å². The van der Waals surface area contributed by atoms with Gasteiger partial charge in [0.25, 0.3) is 5.91 Å². The van der Waals surface area contributed by atoms with Crippen molar-refractivity contribution in [1.82, 2.24) is 10.5 Å². The van der Waals surface area contributed by atoms with E-state index in [2.05, 4.69) is 10.5 Å². The predicted molar refractivity (Wildman–Crippen MR) is 65.3 cm³/mol. The van der Waals surface area contributed by atoms with Crippen LogP contribution >= 0.6 is 0 Å². The predicted octanol–water partition coefficient (Wildman–Crippen LogP) is 1.93. The van der Waals surface area contributed by atoms with Crippen LogP contribution in [0.5, 0.6) is 5.75 Å². The maximum Gasteiger partial charge on any atom is 0.257 e. The molecule has 0 fully saturated rings. The van der Waals surface area contributed by atoms with Gasteiger partial charge < -0.3 is 14.9 Å². The number of amides is 1. The van der Waals surface area contributed by atoms with Gasteiger partial charge in [-0.2, -0.15) is 0 Å². The van der Waals surface area contributed by atoms with Crippen LogP contribution in [0.25, 0.3) is 0 Å². The Hall–Kier alpha value is -2.30. The fourth-order valence-electron chi connectivity index (χ4n) is 1.69. The summed E-state index contributed by atoms with van der Waals surface area (Å²) in [4.78, 5) is 11.9. The van der Waals surface area contributed by atoms with Crippen LogP contribution in [-0.4, -0.2) is 16.2 Å². The maximum absolute atomic E-state index is 11.9. The lowest BCUT2D eigenvalue weighted by molar-refractivity contribution is 0.0949. The van der Waals surface area contributed by atoms with E-state index >= 15 is 0 Å². The zero-order valence-corrected chi connectivity index (χ0v) is 10.2. The molecule has 0 bridgehead atoms. The van der Waals surface area contributed by atoms with E-state index in [1.807, 2.05) is 0 Å². The topological polar surface area (TPSA) is 75.4 Å². The number of hydrogen-bond donors (Lipinski definition) is 2. The van der Waals surface area contributed by atoms with Gasteiger partial charge >= 0.3 is 0 Å². The summed E-state index contributed by atoms with van der Waals surface area (Å²) in [6.45, 7) is 3.82. The first-order valence-corrected chi connectivity index (χ1v) is 5.57. The van der Waals surface area contributed by atoms with Crippen LogP contribution < -0.4 is 5.32 Å². The second-order valence-electron chi connectivity index (χ2n) is 4.05. The first kappa shape index (κ1) is 12.2. The minimum absolute atomic E-state index is 0.204. The van der Waals surface area contributed by atoms with Gasteiger partial charge in [0, 0.05) is 6.54 Å². The highest BCUT2D eigenvalue weighted by molar-refractivity contribution is 5.95. The van der Waals surface area contributed by atoms with E-state index in [1.54, 1.807) is 38.1 Å². The van der Waals surface area contributed by atoms with Crippen molar-refractivity contribution in [1.29, 1.82) is 0 Å². The van der Waals surface area contributed by atoms with Crippen LogP contribution in [0.15, 0.2) is 28.8 Å². The normalized spacial score (nSPS) is 10.3. The Kier molecular flexibility index (Phi) is 3.32. The fourth-order valence-corrected chi connectivity index (χ4v) is 1.69. The second kappa shape index (κ2) is 4.91. The van der Waals surface area contributed by atoms with Crippen molar-refractivity contribution >= 4 is 5.91 Å². The van der Waals surface area contributed by atoms with E-state index in [4.69, 9.17) is 9.63 Å². The summed E-state index contributed by atoms with van der Waals surface area (Å²) in [5, 5.41) is 15.7. The molecule has 0 aliphatic heterocycles. The molecule has 1 amide bonds. The molecule has 5 nitrogen and oxygen atoms in total. The average molecular weight is 246 g/mol. The SMILES string of the molecule is Cc1noc(C)c1C(=O)NCc1ccc(O)cc1. The molecule has 1 aromatic heterocycles. The van der Waals surface area contributed by atoms with E-state index in [0.717, 1.165) is 5.56 Å². The van der Waals surface area contributed by atoms with Gasteiger partial charge in [-0.3, -0.25) is 4.79 Å². The molecule has 1 heterocycles. The molecule has 0 unspecified atom stereocenters. The molecule has 1 aromatic carbocycles. The standard InChI is InChI=1S/C13H14N2O3/c1-8-12(9(2)18-15-8)13(17)14-7-10-3-5-11(16)6-4-10/h3-6,16H,7H2,1-2H3,(H,14,17). The molecule has 0 saturated carbocycles. The Balaban J connectivity index is 2.03. The van der Waals surface area contributed by atoms with Crippen molar-refractivity contribution in [3.8, 4) is 5.75 Å². The van der Waals surface area contributed by atoms with Crippen LogP contribution in [0.4, 0.5) is 0 Å². The molecule has 0 atom stereocenters. The number of aromatic nitrogens is 1. The number of nitrogens with zero attached hydrogens (tertiary/aromatic N) is 1. The molecule has 0 saturated heterocycles. The molecule has 0 aliphatic carbocycles. The van der Waals surface area contributed by atoms with E-state index in [9.17, 15) is 4.79 Å². The number of phenols is 1. The number of aromatic hydroxyl groups is 1. The lowest BCUT2D eigenvalue weighted by Crippen LogP contribution is -2.23. The third-order valence-electron chi connectivity index (χ3n) is 2.65. The monoisotopic (exact) mass is 246 g/mol. The summed E-state index contributed by atoms with van der Waals surface area (Å²) < 4.78 is 4.94. The number of hydrogen-bond acceptors (Lipinski definition) is 4. The Morgan fingerprint density at radius 2 is 2.00 bits per heavy atom. The van der Waals surface area contributed by atoms with Crippen LogP contribution in [0.2, 0.25) is 0 Å². The summed E-state index contributed by atoms with van der Waals surface area (Å²) in [6.07, 6.45) is 0. The first-order chi connectivity index (χ1) is 8.58. The maximum atomic E-state index is 11.9. The summed E-state index contributed by atoms with van der Waals surface area (Å²) in [6, 6.07) is 6.67. The highest BCUT2D eigenvalue weighted by atomic mass is 16.5. The van der Waals surface area contributed by atoms with Gasteiger partial charge in [-0.25, -0.2) is 0 Å². The largest absolute Gasteiger partial charge is 0.508 e. The van der Waals surface area contributed by atoms with Crippen LogP contribution in [0, 0.1) is 13.8 Å². The Bertz CT molecular complexity index is 539. The first-order valence-electron chi connectivity index (χ1n) is 5.57. The zero-order chi connectivity index (χ0) is 13.1. The summed E-state index contributed by atoms with van der Waals surface area (Å²) in [5.41, 5.74) is 1.97. The highest BCUT2D eigenvalue weighted by Crippen LogP contribution is 2.13. The summed E-state index contributed by atoms with van der Waals surface area (Å²) in [7, 11) is 0. The van der Waals surface area contributed by atoms with Crippen LogP contribution in [-0.2, 0) is 6.54 Å². The van der Waals surface area contributed by atoms with Crippen LogP contribution in [0.3, 0.4) is 0 Å². The van der Waals surface area contributed by atoms with E-state index in [-0.39, 0.29) is 11.7 Å². The number of benzene rings is 1. The van der Waals surface area contributed by atoms with Crippen molar-refractivity contribution in [2.75, 3.05) is 0 Å². The van der Waals surface area contributed by atoms with Crippen molar-refractivity contribution in [3.05, 3.63) is 46.8 Å². The van der Waals surface area contributed by atoms with Gasteiger partial charge in [0.15, 0.2) is 0 Å². The third-order valence-corrected chi connectivity index (χ3v) is 2.65. The van der Waals surface area contributed by atoms with E-state index < -0.39 is 0 Å². The molecule has 5 heteroatoms. The molecule has 2 aromatic rings. The Labute approximate surface area is 104 Å². The average Bonchev–Trinajstić information content (AvgIpc) is 2.68. The molecule has 2 N–H and O–H groups in total. The number of aryl methyl sites for hydroxylation is 2. The molecule has 0 radical (unpaired) electrons. The van der Waals surface area contributed by atoms with Gasteiger partial charge in [-0.05, 0) is 31.5 Å². The minimum atomic E-state index is -0.209. The number of carbonyl (C=O) groups is 1. The fraction of sp³-hybridized carbons (Fsp3) is 0.231. The number of rotatable bonds is 3. The minimum Gasteiger partial charge on any atom is -0.508 e. The third kappa shape index (κ3) is 2.51. The van der Waals surface area contributed by atoms with Gasteiger partial charge in [0.2, 0.25) is 0 Å². The molecule has 18 heavy (non-hydrogen) atoms. The number of nitrogens with one attached hydrogen (secondary N) is 1. The molecular formula is C13H14N2O3. The van der Waals surface area contributed by atoms with Crippen molar-refractivity contribution in [2.45, 2.75) is 20.4 Å². The van der Waals surface area contributed by atoms with Gasteiger partial charge in [0.05, 0.1) is 5.69 Å². The van der Waals surface area contributed by atoms with Crippen LogP contribution in [0.1, 0.15) is 27.4 Å². The lowest BCUT2D eigenvalue weighted by atomic mass is 10.1. The lowest BCUT2D eigenvalue weighted by Gasteiger charge is -2.05. The molecule has 0 aliphatic rings. The molecule has 0 spiro atoms. The smallest absolute Gasteiger partial charge is 0.257 e. The van der Waals surface area contributed by atoms with Gasteiger partial charge in [-0.15, -0.1) is 0 Å². The molecule has 94 valence electrons. The second-order valence-corrected chi connectivity index (χ2v) is 4.05. The van der Waals surface area contributed by atoms with Gasteiger partial charge in [0.1, 0.15) is 17.1 Å². The molecule has 2 rings (SSSR count). The van der Waals surface area contributed by atoms with E-state index in [0.29, 0.717) is 23.6 Å². The van der Waals surface area contributed by atoms with Crippen molar-refractivity contribution in [3.63, 3.8) is 0 Å². The van der Waals surface area contributed by atoms with Crippen molar-refractivity contribution in [2.24, 2.45) is 0 Å². The zero-order valence-electron chi connectivity index (χ0n) is 10.2. The quantitative estimate of drug-likeness (QED) is 0.867. The summed E-state index contributed by atoms with van der Waals surface area (Å²) >= 11 is 0.